The Morgan fingerprint density at radius 3 is 2.92 bits per heavy atom. The van der Waals surface area contributed by atoms with Crippen LogP contribution < -0.4 is 0 Å². The normalized spacial score (nSPS) is 9.46. The van der Waals surface area contributed by atoms with Crippen LogP contribution in [0, 0.1) is 11.3 Å². The fraction of sp³-hybridized carbons (Fsp3) is 0. The number of nitrogens with zero attached hydrogens (tertiary/aromatic N) is 2. The highest BCUT2D eigenvalue weighted by molar-refractivity contribution is 7.13. The summed E-state index contributed by atoms with van der Waals surface area (Å²) in [5, 5.41) is 10.8. The van der Waals surface area contributed by atoms with E-state index >= 15 is 0 Å². The van der Waals surface area contributed by atoms with Crippen molar-refractivity contribution in [3.05, 3.63) is 41.5 Å². The Bertz CT molecular complexity index is 440. The van der Waals surface area contributed by atoms with Crippen molar-refractivity contribution in [1.29, 1.82) is 5.26 Å². The molecule has 13 heavy (non-hydrogen) atoms. The van der Waals surface area contributed by atoms with E-state index in [4.69, 9.17) is 5.26 Å². The second kappa shape index (κ2) is 3.38. The Kier molecular flexibility index (Phi) is 2.07. The van der Waals surface area contributed by atoms with Gasteiger partial charge in [0.25, 0.3) is 0 Å². The lowest BCUT2D eigenvalue weighted by atomic mass is 10.2. The molecule has 0 spiro atoms. The van der Waals surface area contributed by atoms with E-state index in [1.165, 1.54) is 0 Å². The van der Waals surface area contributed by atoms with Crippen LogP contribution in [0.4, 0.5) is 0 Å². The van der Waals surface area contributed by atoms with Crippen LogP contribution in [0.2, 0.25) is 0 Å². The maximum atomic E-state index is 8.81. The molecule has 0 bridgehead atoms. The van der Waals surface area contributed by atoms with Gasteiger partial charge >= 0.3 is 0 Å². The molecule has 0 amide bonds. The summed E-state index contributed by atoms with van der Waals surface area (Å²) in [5.41, 5.74) is 1.41. The Hall–Kier alpha value is -1.66. The summed E-state index contributed by atoms with van der Waals surface area (Å²) in [6, 6.07) is 9.79. The van der Waals surface area contributed by atoms with E-state index in [2.05, 4.69) is 11.1 Å². The second-order valence-corrected chi connectivity index (χ2v) is 3.44. The highest BCUT2D eigenvalue weighted by Gasteiger charge is 2.04. The first kappa shape index (κ1) is 7.96. The molecule has 0 unspecified atom stereocenters. The van der Waals surface area contributed by atoms with Crippen molar-refractivity contribution in [3.8, 4) is 16.5 Å². The standard InChI is InChI=1S/C10H6N2S/c11-7-9-8(3-1-5-12-9)10-4-2-6-13-10/h1-6H. The Balaban J connectivity index is 2.59. The zero-order chi connectivity index (χ0) is 9.10. The molecular weight excluding hydrogens is 180 g/mol. The molecule has 0 fully saturated rings. The number of pyridine rings is 1. The summed E-state index contributed by atoms with van der Waals surface area (Å²) in [6.45, 7) is 0. The maximum Gasteiger partial charge on any atom is 0.149 e. The lowest BCUT2D eigenvalue weighted by molar-refractivity contribution is 1.27. The minimum atomic E-state index is 0.491. The van der Waals surface area contributed by atoms with Gasteiger partial charge in [-0.1, -0.05) is 6.07 Å². The van der Waals surface area contributed by atoms with Gasteiger partial charge in [-0.15, -0.1) is 11.3 Å². The lowest BCUT2D eigenvalue weighted by Crippen LogP contribution is -1.84. The van der Waals surface area contributed by atoms with Crippen LogP contribution in [0.5, 0.6) is 0 Å². The SMILES string of the molecule is N#Cc1ncccc1-c1cccs1. The molecule has 2 heterocycles. The van der Waals surface area contributed by atoms with Crippen LogP contribution in [0.1, 0.15) is 5.69 Å². The summed E-state index contributed by atoms with van der Waals surface area (Å²) >= 11 is 1.61. The van der Waals surface area contributed by atoms with Crippen LogP contribution in [0.15, 0.2) is 35.8 Å². The van der Waals surface area contributed by atoms with Gasteiger partial charge < -0.3 is 0 Å². The highest BCUT2D eigenvalue weighted by atomic mass is 32.1. The molecule has 2 aromatic heterocycles. The quantitative estimate of drug-likeness (QED) is 0.686. The average Bonchev–Trinajstić information content (AvgIpc) is 2.70. The average molecular weight is 186 g/mol. The van der Waals surface area contributed by atoms with Gasteiger partial charge in [-0.2, -0.15) is 5.26 Å². The van der Waals surface area contributed by atoms with Gasteiger partial charge in [0.2, 0.25) is 0 Å². The van der Waals surface area contributed by atoms with E-state index in [0.29, 0.717) is 5.69 Å². The van der Waals surface area contributed by atoms with Gasteiger partial charge in [0.1, 0.15) is 11.8 Å². The fourth-order valence-electron chi connectivity index (χ4n) is 1.13. The molecule has 0 radical (unpaired) electrons. The summed E-state index contributed by atoms with van der Waals surface area (Å²) in [5.74, 6) is 0. The summed E-state index contributed by atoms with van der Waals surface area (Å²) in [6.07, 6.45) is 1.63. The Labute approximate surface area is 80.1 Å². The predicted octanol–water partition coefficient (Wildman–Crippen LogP) is 2.68. The van der Waals surface area contributed by atoms with E-state index in [1.54, 1.807) is 17.5 Å². The molecular formula is C10H6N2S. The third-order valence-electron chi connectivity index (χ3n) is 1.70. The number of rotatable bonds is 1. The summed E-state index contributed by atoms with van der Waals surface area (Å²) in [7, 11) is 0. The molecule has 2 nitrogen and oxygen atoms in total. The van der Waals surface area contributed by atoms with E-state index in [-0.39, 0.29) is 0 Å². The van der Waals surface area contributed by atoms with Crippen molar-refractivity contribution < 1.29 is 0 Å². The van der Waals surface area contributed by atoms with E-state index in [9.17, 15) is 0 Å². The molecule has 2 aromatic rings. The van der Waals surface area contributed by atoms with Gasteiger partial charge in [0, 0.05) is 16.6 Å². The van der Waals surface area contributed by atoms with Crippen molar-refractivity contribution in [2.75, 3.05) is 0 Å². The number of thiophene rings is 1. The fourth-order valence-corrected chi connectivity index (χ4v) is 1.88. The monoisotopic (exact) mass is 186 g/mol. The van der Waals surface area contributed by atoms with Crippen molar-refractivity contribution in [2.24, 2.45) is 0 Å². The van der Waals surface area contributed by atoms with Crippen molar-refractivity contribution >= 4 is 11.3 Å². The zero-order valence-electron chi connectivity index (χ0n) is 6.77. The second-order valence-electron chi connectivity index (χ2n) is 2.49. The first-order valence-electron chi connectivity index (χ1n) is 3.81. The number of aromatic nitrogens is 1. The maximum absolute atomic E-state index is 8.81. The van der Waals surface area contributed by atoms with Gasteiger partial charge in [-0.25, -0.2) is 4.98 Å². The van der Waals surface area contributed by atoms with Crippen molar-refractivity contribution in [1.82, 2.24) is 4.98 Å². The zero-order valence-corrected chi connectivity index (χ0v) is 7.58. The summed E-state index contributed by atoms with van der Waals surface area (Å²) in [4.78, 5) is 5.09. The molecule has 0 aromatic carbocycles. The summed E-state index contributed by atoms with van der Waals surface area (Å²) < 4.78 is 0. The first-order chi connectivity index (χ1) is 6.42. The molecule has 62 valence electrons. The molecule has 0 saturated heterocycles. The number of hydrogen-bond acceptors (Lipinski definition) is 3. The lowest BCUT2D eigenvalue weighted by Gasteiger charge is -1.97. The highest BCUT2D eigenvalue weighted by Crippen LogP contribution is 2.25. The molecule has 0 aliphatic heterocycles. The molecule has 0 aliphatic rings. The van der Waals surface area contributed by atoms with Crippen LogP contribution in [0.3, 0.4) is 0 Å². The van der Waals surface area contributed by atoms with Crippen LogP contribution >= 0.6 is 11.3 Å². The molecule has 0 aliphatic carbocycles. The Morgan fingerprint density at radius 2 is 2.23 bits per heavy atom. The minimum Gasteiger partial charge on any atom is -0.245 e. The van der Waals surface area contributed by atoms with Gasteiger partial charge in [0.05, 0.1) is 0 Å². The Morgan fingerprint density at radius 1 is 1.31 bits per heavy atom. The van der Waals surface area contributed by atoms with Crippen molar-refractivity contribution in [3.63, 3.8) is 0 Å². The van der Waals surface area contributed by atoms with E-state index in [0.717, 1.165) is 10.4 Å². The van der Waals surface area contributed by atoms with Crippen LogP contribution in [-0.2, 0) is 0 Å². The van der Waals surface area contributed by atoms with Gasteiger partial charge in [0.15, 0.2) is 0 Å². The largest absolute Gasteiger partial charge is 0.245 e. The van der Waals surface area contributed by atoms with E-state index in [1.807, 2.05) is 29.6 Å². The third kappa shape index (κ3) is 1.44. The molecule has 3 heteroatoms. The third-order valence-corrected chi connectivity index (χ3v) is 2.60. The minimum absolute atomic E-state index is 0.491. The molecule has 0 N–H and O–H groups in total. The first-order valence-corrected chi connectivity index (χ1v) is 4.69. The molecule has 0 saturated carbocycles. The predicted molar refractivity (Wildman–Crippen MR) is 52.3 cm³/mol. The smallest absolute Gasteiger partial charge is 0.149 e. The topological polar surface area (TPSA) is 36.7 Å². The molecule has 2 rings (SSSR count). The van der Waals surface area contributed by atoms with Crippen LogP contribution in [0.25, 0.3) is 10.4 Å². The van der Waals surface area contributed by atoms with Gasteiger partial charge in [-0.05, 0) is 23.6 Å². The van der Waals surface area contributed by atoms with Crippen LogP contribution in [-0.4, -0.2) is 4.98 Å². The van der Waals surface area contributed by atoms with Gasteiger partial charge in [-0.3, -0.25) is 0 Å². The van der Waals surface area contributed by atoms with Crippen molar-refractivity contribution in [2.45, 2.75) is 0 Å². The van der Waals surface area contributed by atoms with E-state index < -0.39 is 0 Å². The number of nitriles is 1. The molecule has 0 atom stereocenters. The number of hydrogen-bond donors (Lipinski definition) is 0.